The summed E-state index contributed by atoms with van der Waals surface area (Å²) < 4.78 is 12.6. The number of halogens is 1. The van der Waals surface area contributed by atoms with Crippen LogP contribution in [0.3, 0.4) is 0 Å². The zero-order chi connectivity index (χ0) is 18.3. The van der Waals surface area contributed by atoms with E-state index in [9.17, 15) is 24.1 Å². The van der Waals surface area contributed by atoms with Crippen molar-refractivity contribution in [1.82, 2.24) is 5.32 Å². The van der Waals surface area contributed by atoms with Crippen LogP contribution in [0.25, 0.3) is 0 Å². The molecule has 0 aliphatic rings. The largest absolute Gasteiger partial charge is 0.480 e. The molecule has 0 aliphatic heterocycles. The summed E-state index contributed by atoms with van der Waals surface area (Å²) >= 11 is 1.32. The lowest BCUT2D eigenvalue weighted by Crippen LogP contribution is -2.42. The van der Waals surface area contributed by atoms with Gasteiger partial charge < -0.3 is 10.4 Å². The molecule has 1 atom stereocenters. The van der Waals surface area contributed by atoms with Gasteiger partial charge in [-0.3, -0.25) is 14.9 Å². The Kier molecular flexibility index (Phi) is 7.63. The smallest absolute Gasteiger partial charge is 0.328 e. The van der Waals surface area contributed by atoms with E-state index in [1.54, 1.807) is 0 Å². The lowest BCUT2D eigenvalue weighted by Gasteiger charge is -2.11. The Balaban J connectivity index is 2.94. The van der Waals surface area contributed by atoms with Gasteiger partial charge in [-0.2, -0.15) is 0 Å². The number of hydrogen-bond donors (Lipinski definition) is 2. The molecule has 0 spiro atoms. The highest BCUT2D eigenvalue weighted by Gasteiger charge is 2.23. The van der Waals surface area contributed by atoms with Crippen molar-refractivity contribution >= 4 is 29.3 Å². The van der Waals surface area contributed by atoms with E-state index in [1.807, 2.05) is 19.2 Å². The van der Waals surface area contributed by atoms with E-state index in [-0.39, 0.29) is 11.3 Å². The summed E-state index contributed by atoms with van der Waals surface area (Å²) in [6.07, 6.45) is 0.890. The van der Waals surface area contributed by atoms with Crippen molar-refractivity contribution in [3.8, 4) is 0 Å². The first kappa shape index (κ1) is 19.9. The first-order chi connectivity index (χ1) is 11.3. The number of thioether (sulfide) groups is 1. The number of carbonyl (C=O) groups excluding carboxylic acids is 1. The molecule has 0 fully saturated rings. The van der Waals surface area contributed by atoms with Gasteiger partial charge in [-0.05, 0) is 30.2 Å². The molecule has 0 bridgehead atoms. The number of hydrogen-bond acceptors (Lipinski definition) is 5. The predicted molar refractivity (Wildman–Crippen MR) is 88.1 cm³/mol. The fourth-order valence-electron chi connectivity index (χ4n) is 1.74. The summed E-state index contributed by atoms with van der Waals surface area (Å²) in [7, 11) is 0. The van der Waals surface area contributed by atoms with Gasteiger partial charge in [0.1, 0.15) is 6.67 Å². The number of carboxylic acid groups (broad SMARTS) is 1. The molecule has 9 heteroatoms. The van der Waals surface area contributed by atoms with Gasteiger partial charge in [-0.1, -0.05) is 13.8 Å². The molecule has 132 valence electrons. The third-order valence-electron chi connectivity index (χ3n) is 3.13. The second kappa shape index (κ2) is 9.21. The van der Waals surface area contributed by atoms with Crippen LogP contribution in [0.5, 0.6) is 0 Å². The second-order valence-electron chi connectivity index (χ2n) is 5.49. The van der Waals surface area contributed by atoms with Gasteiger partial charge in [-0.25, -0.2) is 9.18 Å². The molecule has 1 rings (SSSR count). The summed E-state index contributed by atoms with van der Waals surface area (Å²) in [5, 5.41) is 21.9. The number of nitro benzene ring substituents is 1. The highest BCUT2D eigenvalue weighted by molar-refractivity contribution is 7.99. The zero-order valence-electron chi connectivity index (χ0n) is 13.3. The topological polar surface area (TPSA) is 110 Å². The van der Waals surface area contributed by atoms with Crippen LogP contribution in [-0.2, 0) is 4.79 Å². The fraction of sp³-hybridized carbons (Fsp3) is 0.467. The normalized spacial score (nSPS) is 12.0. The molecule has 0 saturated carbocycles. The van der Waals surface area contributed by atoms with E-state index in [1.165, 1.54) is 23.9 Å². The molecule has 0 heterocycles. The Morgan fingerprint density at radius 1 is 1.42 bits per heavy atom. The Labute approximate surface area is 142 Å². The van der Waals surface area contributed by atoms with Crippen LogP contribution in [-0.4, -0.2) is 40.4 Å². The molecular weight excluding hydrogens is 339 g/mol. The number of benzene rings is 1. The van der Waals surface area contributed by atoms with E-state index in [0.29, 0.717) is 16.6 Å². The molecule has 1 aromatic carbocycles. The number of nitrogens with one attached hydrogen (secondary N) is 1. The van der Waals surface area contributed by atoms with Crippen molar-refractivity contribution in [2.75, 3.05) is 12.4 Å². The molecule has 2 N–H and O–H groups in total. The molecular formula is C15H19FN2O5S. The average Bonchev–Trinajstić information content (AvgIpc) is 2.51. The molecule has 0 aromatic heterocycles. The Bertz CT molecular complexity index is 624. The van der Waals surface area contributed by atoms with E-state index < -0.39 is 29.5 Å². The van der Waals surface area contributed by atoms with Crippen LogP contribution in [0.4, 0.5) is 10.1 Å². The maximum absolute atomic E-state index is 12.6. The number of carbonyl (C=O) groups is 2. The van der Waals surface area contributed by atoms with Crippen LogP contribution < -0.4 is 5.32 Å². The van der Waals surface area contributed by atoms with Crippen molar-refractivity contribution in [3.05, 3.63) is 33.9 Å². The predicted octanol–water partition coefficient (Wildman–Crippen LogP) is 2.89. The summed E-state index contributed by atoms with van der Waals surface area (Å²) in [5.41, 5.74) is -0.321. The van der Waals surface area contributed by atoms with E-state index in [2.05, 4.69) is 0 Å². The number of amides is 1. The molecule has 0 aliphatic carbocycles. The number of nitrogens with zero attached hydrogens (tertiary/aromatic N) is 1. The zero-order valence-corrected chi connectivity index (χ0v) is 14.1. The number of rotatable bonds is 9. The summed E-state index contributed by atoms with van der Waals surface area (Å²) in [6, 6.07) is 2.20. The van der Waals surface area contributed by atoms with Gasteiger partial charge in [0.25, 0.3) is 11.6 Å². The minimum absolute atomic E-state index is 0.0883. The Morgan fingerprint density at radius 2 is 2.08 bits per heavy atom. The molecule has 24 heavy (non-hydrogen) atoms. The summed E-state index contributed by atoms with van der Waals surface area (Å²) in [5.74, 6) is -1.22. The lowest BCUT2D eigenvalue weighted by atomic mass is 10.1. The van der Waals surface area contributed by atoms with Gasteiger partial charge >= 0.3 is 5.97 Å². The first-order valence-corrected chi connectivity index (χ1v) is 8.25. The minimum atomic E-state index is -1.68. The molecule has 1 aromatic rings. The third kappa shape index (κ3) is 5.80. The van der Waals surface area contributed by atoms with Crippen LogP contribution in [0.15, 0.2) is 23.1 Å². The minimum Gasteiger partial charge on any atom is -0.480 e. The number of alkyl halides is 1. The molecule has 0 radical (unpaired) electrons. The Hall–Kier alpha value is -2.16. The van der Waals surface area contributed by atoms with E-state index >= 15 is 0 Å². The van der Waals surface area contributed by atoms with Crippen molar-refractivity contribution in [2.45, 2.75) is 31.2 Å². The van der Waals surface area contributed by atoms with E-state index in [0.717, 1.165) is 12.5 Å². The SMILES string of the molecule is CC(C)CCSc1ccc(C(=O)NC(CF)C(=O)O)cc1[N+](=O)[O-]. The fourth-order valence-corrected chi connectivity index (χ4v) is 2.99. The molecule has 1 unspecified atom stereocenters. The third-order valence-corrected chi connectivity index (χ3v) is 4.22. The highest BCUT2D eigenvalue weighted by Crippen LogP contribution is 2.31. The maximum Gasteiger partial charge on any atom is 0.328 e. The van der Waals surface area contributed by atoms with Gasteiger partial charge in [-0.15, -0.1) is 11.8 Å². The van der Waals surface area contributed by atoms with Crippen molar-refractivity contribution in [3.63, 3.8) is 0 Å². The van der Waals surface area contributed by atoms with Crippen molar-refractivity contribution in [2.24, 2.45) is 5.92 Å². The summed E-state index contributed by atoms with van der Waals surface area (Å²) in [6.45, 7) is 2.82. The van der Waals surface area contributed by atoms with Crippen LogP contribution in [0.2, 0.25) is 0 Å². The van der Waals surface area contributed by atoms with E-state index in [4.69, 9.17) is 5.11 Å². The molecule has 0 saturated heterocycles. The van der Waals surface area contributed by atoms with Gasteiger partial charge in [0, 0.05) is 11.6 Å². The highest BCUT2D eigenvalue weighted by atomic mass is 32.2. The van der Waals surface area contributed by atoms with Crippen LogP contribution >= 0.6 is 11.8 Å². The Morgan fingerprint density at radius 3 is 2.58 bits per heavy atom. The van der Waals surface area contributed by atoms with Gasteiger partial charge in [0.2, 0.25) is 0 Å². The molecule has 7 nitrogen and oxygen atoms in total. The number of nitro groups is 1. The lowest BCUT2D eigenvalue weighted by molar-refractivity contribution is -0.387. The monoisotopic (exact) mass is 358 g/mol. The maximum atomic E-state index is 12.6. The standard InChI is InChI=1S/C15H19FN2O5S/c1-9(2)5-6-24-13-4-3-10(7-12(13)18(22)23)14(19)17-11(8-16)15(20)21/h3-4,7,9,11H,5-6,8H2,1-2H3,(H,17,19)(H,20,21). The van der Waals surface area contributed by atoms with Crippen LogP contribution in [0, 0.1) is 16.0 Å². The average molecular weight is 358 g/mol. The van der Waals surface area contributed by atoms with Gasteiger partial charge in [0.05, 0.1) is 9.82 Å². The second-order valence-corrected chi connectivity index (χ2v) is 6.63. The van der Waals surface area contributed by atoms with Gasteiger partial charge in [0.15, 0.2) is 6.04 Å². The number of carboxylic acids is 1. The quantitative estimate of drug-likeness (QED) is 0.399. The number of aliphatic carboxylic acids is 1. The molecule has 1 amide bonds. The van der Waals surface area contributed by atoms with Crippen molar-refractivity contribution in [1.29, 1.82) is 0 Å². The first-order valence-electron chi connectivity index (χ1n) is 7.27. The summed E-state index contributed by atoms with van der Waals surface area (Å²) in [4.78, 5) is 33.7. The van der Waals surface area contributed by atoms with Crippen LogP contribution in [0.1, 0.15) is 30.6 Å². The van der Waals surface area contributed by atoms with Crippen molar-refractivity contribution < 1.29 is 24.0 Å².